The smallest absolute Gasteiger partial charge is 0.0456 e. The van der Waals surface area contributed by atoms with Gasteiger partial charge in [-0.05, 0) is 17.7 Å². The molecule has 1 rings (SSSR count). The van der Waals surface area contributed by atoms with Crippen molar-refractivity contribution < 1.29 is 0 Å². The molecule has 1 fully saturated rings. The van der Waals surface area contributed by atoms with E-state index in [0.717, 1.165) is 0 Å². The lowest BCUT2D eigenvalue weighted by Crippen LogP contribution is -2.27. The molecule has 0 aromatic heterocycles. The highest BCUT2D eigenvalue weighted by atomic mass is 32.2. The zero-order valence-electron chi connectivity index (χ0n) is 7.35. The molecule has 64 valence electrons. The predicted molar refractivity (Wildman–Crippen MR) is 57.4 cm³/mol. The van der Waals surface area contributed by atoms with Gasteiger partial charge in [0.2, 0.25) is 0 Å². The quantitative estimate of drug-likeness (QED) is 0.650. The molecule has 1 aliphatic rings. The van der Waals surface area contributed by atoms with E-state index in [4.69, 9.17) is 0 Å². The van der Waals surface area contributed by atoms with Gasteiger partial charge in [0, 0.05) is 16.3 Å². The second-order valence-corrected chi connectivity index (χ2v) is 5.49. The van der Waals surface area contributed by atoms with Crippen LogP contribution in [0.3, 0.4) is 0 Å². The van der Waals surface area contributed by atoms with Crippen LogP contribution in [0.1, 0.15) is 26.7 Å². The van der Waals surface area contributed by atoms with Crippen LogP contribution in [0.2, 0.25) is 0 Å². The number of hydrogen-bond donors (Lipinski definition) is 0. The maximum absolute atomic E-state index is 4.15. The Hall–Kier alpha value is 0.440. The van der Waals surface area contributed by atoms with Crippen molar-refractivity contribution in [3.63, 3.8) is 0 Å². The predicted octanol–water partition coefficient (Wildman–Crippen LogP) is 3.54. The highest BCUT2D eigenvalue weighted by molar-refractivity contribution is 8.09. The van der Waals surface area contributed by atoms with Gasteiger partial charge in [0.15, 0.2) is 0 Å². The summed E-state index contributed by atoms with van der Waals surface area (Å²) in [6.45, 7) is 8.69. The van der Waals surface area contributed by atoms with Crippen LogP contribution in [-0.2, 0) is 0 Å². The molecular weight excluding hydrogens is 172 g/mol. The van der Waals surface area contributed by atoms with Crippen LogP contribution >= 0.6 is 23.5 Å². The third-order valence-corrected chi connectivity index (χ3v) is 5.71. The van der Waals surface area contributed by atoms with Crippen LogP contribution in [0.5, 0.6) is 0 Å². The number of thioether (sulfide) groups is 2. The highest BCUT2D eigenvalue weighted by Gasteiger charge is 2.32. The zero-order chi connectivity index (χ0) is 8.32. The maximum Gasteiger partial charge on any atom is 0.0456 e. The highest BCUT2D eigenvalue weighted by Crippen LogP contribution is 2.47. The van der Waals surface area contributed by atoms with Gasteiger partial charge in [-0.15, -0.1) is 23.5 Å². The molecule has 0 bridgehead atoms. The Morgan fingerprint density at radius 3 is 2.36 bits per heavy atom. The van der Waals surface area contributed by atoms with E-state index in [1.807, 2.05) is 11.8 Å². The summed E-state index contributed by atoms with van der Waals surface area (Å²) in [5.41, 5.74) is 0. The molecule has 0 aliphatic carbocycles. The molecule has 1 aliphatic heterocycles. The molecule has 0 amide bonds. The first kappa shape index (κ1) is 9.53. The van der Waals surface area contributed by atoms with Gasteiger partial charge in [0.25, 0.3) is 0 Å². The monoisotopic (exact) mass is 188 g/mol. The molecule has 0 atom stereocenters. The van der Waals surface area contributed by atoms with Crippen molar-refractivity contribution in [2.45, 2.75) is 31.4 Å². The van der Waals surface area contributed by atoms with Crippen LogP contribution in [0.25, 0.3) is 0 Å². The van der Waals surface area contributed by atoms with Crippen LogP contribution in [0.4, 0.5) is 0 Å². The van der Waals surface area contributed by atoms with Crippen LogP contribution in [-0.4, -0.2) is 16.3 Å². The molecule has 0 saturated carbocycles. The second kappa shape index (κ2) is 3.90. The molecule has 0 radical (unpaired) electrons. The fourth-order valence-corrected chi connectivity index (χ4v) is 4.24. The third kappa shape index (κ3) is 1.78. The first-order valence-corrected chi connectivity index (χ1v) is 6.18. The van der Waals surface area contributed by atoms with Gasteiger partial charge in [-0.25, -0.2) is 0 Å². The molecule has 2 heteroatoms. The van der Waals surface area contributed by atoms with Gasteiger partial charge in [0.05, 0.1) is 0 Å². The van der Waals surface area contributed by atoms with Crippen molar-refractivity contribution in [1.29, 1.82) is 0 Å². The zero-order valence-corrected chi connectivity index (χ0v) is 8.99. The van der Waals surface area contributed by atoms with Gasteiger partial charge in [0.1, 0.15) is 0 Å². The van der Waals surface area contributed by atoms with Gasteiger partial charge >= 0.3 is 0 Å². The fourth-order valence-electron chi connectivity index (χ4n) is 1.46. The normalized spacial score (nSPS) is 23.6. The minimum atomic E-state index is 0.406. The SMILES string of the molecule is C=C1SCCSC1(CC)CC. The van der Waals surface area contributed by atoms with E-state index in [0.29, 0.717) is 4.75 Å². The Bertz CT molecular complexity index is 148. The summed E-state index contributed by atoms with van der Waals surface area (Å²) in [6, 6.07) is 0. The third-order valence-electron chi connectivity index (χ3n) is 2.39. The molecule has 0 unspecified atom stereocenters. The first-order valence-electron chi connectivity index (χ1n) is 4.21. The summed E-state index contributed by atoms with van der Waals surface area (Å²) in [4.78, 5) is 1.40. The topological polar surface area (TPSA) is 0 Å². The van der Waals surface area contributed by atoms with Crippen molar-refractivity contribution in [2.75, 3.05) is 11.5 Å². The molecule has 0 nitrogen and oxygen atoms in total. The Labute approximate surface area is 78.2 Å². The summed E-state index contributed by atoms with van der Waals surface area (Å²) >= 11 is 4.06. The lowest BCUT2D eigenvalue weighted by Gasteiger charge is -2.36. The average Bonchev–Trinajstić information content (AvgIpc) is 2.06. The first-order chi connectivity index (χ1) is 5.25. The fraction of sp³-hybridized carbons (Fsp3) is 0.778. The summed E-state index contributed by atoms with van der Waals surface area (Å²) in [7, 11) is 0. The summed E-state index contributed by atoms with van der Waals surface area (Å²) in [5.74, 6) is 2.55. The largest absolute Gasteiger partial charge is 0.149 e. The van der Waals surface area contributed by atoms with E-state index in [1.165, 1.54) is 29.3 Å². The Morgan fingerprint density at radius 1 is 1.36 bits per heavy atom. The Morgan fingerprint density at radius 2 is 2.00 bits per heavy atom. The minimum absolute atomic E-state index is 0.406. The lowest BCUT2D eigenvalue weighted by molar-refractivity contribution is 0.651. The lowest BCUT2D eigenvalue weighted by atomic mass is 10.0. The molecule has 0 aromatic carbocycles. The van der Waals surface area contributed by atoms with Crippen molar-refractivity contribution in [3.05, 3.63) is 11.5 Å². The number of rotatable bonds is 2. The van der Waals surface area contributed by atoms with Crippen molar-refractivity contribution in [3.8, 4) is 0 Å². The Kier molecular flexibility index (Phi) is 3.38. The van der Waals surface area contributed by atoms with Crippen molar-refractivity contribution in [2.24, 2.45) is 0 Å². The molecule has 11 heavy (non-hydrogen) atoms. The summed E-state index contributed by atoms with van der Waals surface area (Å²) < 4.78 is 0.406. The molecule has 0 aromatic rings. The van der Waals surface area contributed by atoms with Crippen LogP contribution in [0, 0.1) is 0 Å². The van der Waals surface area contributed by atoms with Gasteiger partial charge in [-0.3, -0.25) is 0 Å². The van der Waals surface area contributed by atoms with Crippen LogP contribution < -0.4 is 0 Å². The molecule has 0 N–H and O–H groups in total. The van der Waals surface area contributed by atoms with Crippen LogP contribution in [0.15, 0.2) is 11.5 Å². The van der Waals surface area contributed by atoms with Gasteiger partial charge < -0.3 is 0 Å². The van der Waals surface area contributed by atoms with E-state index in [2.05, 4.69) is 32.2 Å². The average molecular weight is 188 g/mol. The molecule has 1 heterocycles. The van der Waals surface area contributed by atoms with E-state index in [1.54, 1.807) is 0 Å². The van der Waals surface area contributed by atoms with Gasteiger partial charge in [-0.1, -0.05) is 20.4 Å². The van der Waals surface area contributed by atoms with Crippen molar-refractivity contribution >= 4 is 23.5 Å². The van der Waals surface area contributed by atoms with E-state index < -0.39 is 0 Å². The van der Waals surface area contributed by atoms with E-state index >= 15 is 0 Å². The molecular formula is C9H16S2. The molecule has 0 spiro atoms. The van der Waals surface area contributed by atoms with Crippen molar-refractivity contribution in [1.82, 2.24) is 0 Å². The maximum atomic E-state index is 4.15. The summed E-state index contributed by atoms with van der Waals surface area (Å²) in [5, 5.41) is 0. The van der Waals surface area contributed by atoms with E-state index in [-0.39, 0.29) is 0 Å². The Balaban J connectivity index is 2.69. The molecule has 1 saturated heterocycles. The van der Waals surface area contributed by atoms with Gasteiger partial charge in [-0.2, -0.15) is 0 Å². The minimum Gasteiger partial charge on any atom is -0.149 e. The second-order valence-electron chi connectivity index (χ2n) is 2.82. The van der Waals surface area contributed by atoms with E-state index in [9.17, 15) is 0 Å². The summed E-state index contributed by atoms with van der Waals surface area (Å²) in [6.07, 6.45) is 2.47. The number of hydrogen-bond acceptors (Lipinski definition) is 2. The standard InChI is InChI=1S/C9H16S2/c1-4-9(5-2)8(3)10-6-7-11-9/h3-7H2,1-2H3.